The van der Waals surface area contributed by atoms with Crippen LogP contribution in [0.15, 0.2) is 36.5 Å². The molecule has 0 radical (unpaired) electrons. The zero-order chi connectivity index (χ0) is 15.4. The van der Waals surface area contributed by atoms with E-state index in [-0.39, 0.29) is 5.91 Å². The SMILES string of the molecule is O=C(c1ccnc(NCc2ccc(Cl)cc2)n1)N1CCCC1. The summed E-state index contributed by atoms with van der Waals surface area (Å²) in [7, 11) is 0. The van der Waals surface area contributed by atoms with Gasteiger partial charge in [-0.25, -0.2) is 9.97 Å². The van der Waals surface area contributed by atoms with Gasteiger partial charge in [-0.2, -0.15) is 0 Å². The molecule has 0 atom stereocenters. The highest BCUT2D eigenvalue weighted by atomic mass is 35.5. The van der Waals surface area contributed by atoms with Crippen molar-refractivity contribution in [2.24, 2.45) is 0 Å². The minimum absolute atomic E-state index is 0.0190. The predicted molar refractivity (Wildman–Crippen MR) is 85.9 cm³/mol. The molecule has 1 saturated heterocycles. The zero-order valence-electron chi connectivity index (χ0n) is 12.1. The first kappa shape index (κ1) is 14.8. The summed E-state index contributed by atoms with van der Waals surface area (Å²) in [6.45, 7) is 2.21. The minimum atomic E-state index is -0.0190. The molecule has 6 heteroatoms. The molecule has 5 nitrogen and oxygen atoms in total. The molecular weight excluding hydrogens is 300 g/mol. The molecule has 114 valence electrons. The van der Waals surface area contributed by atoms with Gasteiger partial charge in [-0.15, -0.1) is 0 Å². The lowest BCUT2D eigenvalue weighted by Crippen LogP contribution is -2.28. The second kappa shape index (κ2) is 6.75. The third-order valence-electron chi connectivity index (χ3n) is 3.63. The predicted octanol–water partition coefficient (Wildman–Crippen LogP) is 2.98. The average molecular weight is 317 g/mol. The number of aromatic nitrogens is 2. The van der Waals surface area contributed by atoms with Gasteiger partial charge in [0.05, 0.1) is 0 Å². The van der Waals surface area contributed by atoms with Crippen LogP contribution < -0.4 is 5.32 Å². The molecule has 0 unspecified atom stereocenters. The van der Waals surface area contributed by atoms with Crippen LogP contribution in [0.25, 0.3) is 0 Å². The molecule has 1 amide bonds. The molecule has 1 N–H and O–H groups in total. The van der Waals surface area contributed by atoms with Gasteiger partial charge in [0.25, 0.3) is 5.91 Å². The fourth-order valence-corrected chi connectivity index (χ4v) is 2.55. The van der Waals surface area contributed by atoms with Crippen LogP contribution in [-0.2, 0) is 6.54 Å². The maximum Gasteiger partial charge on any atom is 0.272 e. The van der Waals surface area contributed by atoms with Gasteiger partial charge in [0.1, 0.15) is 5.69 Å². The van der Waals surface area contributed by atoms with E-state index >= 15 is 0 Å². The fourth-order valence-electron chi connectivity index (χ4n) is 2.43. The first-order valence-electron chi connectivity index (χ1n) is 7.33. The smallest absolute Gasteiger partial charge is 0.272 e. The first-order chi connectivity index (χ1) is 10.7. The lowest BCUT2D eigenvalue weighted by Gasteiger charge is -2.14. The standard InChI is InChI=1S/C16H17ClN4O/c17-13-5-3-12(4-6-13)11-19-16-18-8-7-14(20-16)15(22)21-9-1-2-10-21/h3-8H,1-2,9-11H2,(H,18,19,20). The Kier molecular flexibility index (Phi) is 4.53. The van der Waals surface area contributed by atoms with E-state index in [0.717, 1.165) is 31.5 Å². The van der Waals surface area contributed by atoms with Crippen molar-refractivity contribution in [1.82, 2.24) is 14.9 Å². The Morgan fingerprint density at radius 1 is 1.18 bits per heavy atom. The Balaban J connectivity index is 1.65. The van der Waals surface area contributed by atoms with Crippen LogP contribution in [0, 0.1) is 0 Å². The van der Waals surface area contributed by atoms with Crippen LogP contribution in [0.3, 0.4) is 0 Å². The Bertz CT molecular complexity index is 653. The summed E-state index contributed by atoms with van der Waals surface area (Å²) in [6.07, 6.45) is 3.75. The highest BCUT2D eigenvalue weighted by Crippen LogP contribution is 2.13. The van der Waals surface area contributed by atoms with Crippen LogP contribution in [0.4, 0.5) is 5.95 Å². The van der Waals surface area contributed by atoms with E-state index in [0.29, 0.717) is 23.2 Å². The number of hydrogen-bond acceptors (Lipinski definition) is 4. The number of carbonyl (C=O) groups excluding carboxylic acids is 1. The third kappa shape index (κ3) is 3.54. The molecule has 0 spiro atoms. The largest absolute Gasteiger partial charge is 0.350 e. The molecule has 1 aliphatic rings. The zero-order valence-corrected chi connectivity index (χ0v) is 12.9. The van der Waals surface area contributed by atoms with E-state index in [1.54, 1.807) is 12.3 Å². The molecule has 0 saturated carbocycles. The summed E-state index contributed by atoms with van der Waals surface area (Å²) in [6, 6.07) is 9.22. The molecule has 2 aromatic rings. The van der Waals surface area contributed by atoms with Gasteiger partial charge in [0.2, 0.25) is 5.95 Å². The highest BCUT2D eigenvalue weighted by molar-refractivity contribution is 6.30. The van der Waals surface area contributed by atoms with Crippen molar-refractivity contribution in [2.45, 2.75) is 19.4 Å². The maximum absolute atomic E-state index is 12.3. The maximum atomic E-state index is 12.3. The van der Waals surface area contributed by atoms with Gasteiger partial charge in [-0.3, -0.25) is 4.79 Å². The van der Waals surface area contributed by atoms with Gasteiger partial charge < -0.3 is 10.2 Å². The van der Waals surface area contributed by atoms with Gasteiger partial charge >= 0.3 is 0 Å². The molecule has 1 aromatic heterocycles. The number of nitrogens with one attached hydrogen (secondary N) is 1. The van der Waals surface area contributed by atoms with E-state index in [2.05, 4.69) is 15.3 Å². The highest BCUT2D eigenvalue weighted by Gasteiger charge is 2.20. The molecule has 1 aromatic carbocycles. The Morgan fingerprint density at radius 3 is 2.64 bits per heavy atom. The molecule has 3 rings (SSSR count). The van der Waals surface area contributed by atoms with Crippen LogP contribution in [0.1, 0.15) is 28.9 Å². The quantitative estimate of drug-likeness (QED) is 0.942. The second-order valence-electron chi connectivity index (χ2n) is 5.24. The fraction of sp³-hybridized carbons (Fsp3) is 0.312. The summed E-state index contributed by atoms with van der Waals surface area (Å²) in [5, 5.41) is 3.84. The normalized spacial score (nSPS) is 14.1. The molecular formula is C16H17ClN4O. The lowest BCUT2D eigenvalue weighted by molar-refractivity contribution is 0.0787. The summed E-state index contributed by atoms with van der Waals surface area (Å²) in [4.78, 5) is 22.6. The summed E-state index contributed by atoms with van der Waals surface area (Å²) >= 11 is 5.86. The Labute approximate surface area is 134 Å². The van der Waals surface area contributed by atoms with Crippen LogP contribution in [0.2, 0.25) is 5.02 Å². The van der Waals surface area contributed by atoms with Gasteiger partial charge in [0, 0.05) is 30.9 Å². The molecule has 1 fully saturated rings. The molecule has 1 aliphatic heterocycles. The number of anilines is 1. The van der Waals surface area contributed by atoms with Crippen molar-refractivity contribution >= 4 is 23.5 Å². The minimum Gasteiger partial charge on any atom is -0.350 e. The van der Waals surface area contributed by atoms with Crippen molar-refractivity contribution in [3.63, 3.8) is 0 Å². The summed E-state index contributed by atoms with van der Waals surface area (Å²) in [5.41, 5.74) is 1.51. The number of benzene rings is 1. The second-order valence-corrected chi connectivity index (χ2v) is 5.68. The van der Waals surface area contributed by atoms with Gasteiger partial charge in [-0.05, 0) is 36.6 Å². The number of amides is 1. The molecule has 0 bridgehead atoms. The average Bonchev–Trinajstić information content (AvgIpc) is 3.08. The van der Waals surface area contributed by atoms with Crippen LogP contribution in [0.5, 0.6) is 0 Å². The van der Waals surface area contributed by atoms with E-state index < -0.39 is 0 Å². The molecule has 22 heavy (non-hydrogen) atoms. The number of rotatable bonds is 4. The lowest BCUT2D eigenvalue weighted by atomic mass is 10.2. The third-order valence-corrected chi connectivity index (χ3v) is 3.88. The van der Waals surface area contributed by atoms with Crippen molar-refractivity contribution in [2.75, 3.05) is 18.4 Å². The Morgan fingerprint density at radius 2 is 1.91 bits per heavy atom. The van der Waals surface area contributed by atoms with E-state index in [9.17, 15) is 4.79 Å². The van der Waals surface area contributed by atoms with E-state index in [1.807, 2.05) is 29.2 Å². The monoisotopic (exact) mass is 316 g/mol. The van der Waals surface area contributed by atoms with Crippen molar-refractivity contribution < 1.29 is 4.79 Å². The molecule has 0 aliphatic carbocycles. The van der Waals surface area contributed by atoms with Gasteiger partial charge in [-0.1, -0.05) is 23.7 Å². The van der Waals surface area contributed by atoms with Crippen LogP contribution >= 0.6 is 11.6 Å². The van der Waals surface area contributed by atoms with E-state index in [1.165, 1.54) is 0 Å². The Hall–Kier alpha value is -2.14. The summed E-state index contributed by atoms with van der Waals surface area (Å²) < 4.78 is 0. The van der Waals surface area contributed by atoms with Crippen LogP contribution in [-0.4, -0.2) is 33.9 Å². The van der Waals surface area contributed by atoms with E-state index in [4.69, 9.17) is 11.6 Å². The summed E-state index contributed by atoms with van der Waals surface area (Å²) in [5.74, 6) is 0.439. The number of nitrogens with zero attached hydrogens (tertiary/aromatic N) is 3. The van der Waals surface area contributed by atoms with Crippen molar-refractivity contribution in [3.05, 3.63) is 52.8 Å². The number of likely N-dealkylation sites (tertiary alicyclic amines) is 1. The van der Waals surface area contributed by atoms with Crippen molar-refractivity contribution in [1.29, 1.82) is 0 Å². The van der Waals surface area contributed by atoms with Crippen molar-refractivity contribution in [3.8, 4) is 0 Å². The number of carbonyl (C=O) groups is 1. The number of halogens is 1. The first-order valence-corrected chi connectivity index (χ1v) is 7.71. The van der Waals surface area contributed by atoms with Gasteiger partial charge in [0.15, 0.2) is 0 Å². The molecule has 2 heterocycles. The number of hydrogen-bond donors (Lipinski definition) is 1. The topological polar surface area (TPSA) is 58.1 Å².